The fraction of sp³-hybridized carbons (Fsp3) is 0.421. The molecule has 0 radical (unpaired) electrons. The Kier molecular flexibility index (Phi) is 7.20. The first-order valence-electron chi connectivity index (χ1n) is 8.62. The number of hydrogen-bond donors (Lipinski definition) is 2. The van der Waals surface area contributed by atoms with Gasteiger partial charge in [0.15, 0.2) is 0 Å². The molecule has 0 aliphatic heterocycles. The number of aromatic nitrogens is 1. The first kappa shape index (κ1) is 19.5. The third-order valence-electron chi connectivity index (χ3n) is 4.04. The summed E-state index contributed by atoms with van der Waals surface area (Å²) in [5, 5.41) is 15.3. The summed E-state index contributed by atoms with van der Waals surface area (Å²) in [7, 11) is 0. The molecule has 0 aliphatic rings. The first-order valence-corrected chi connectivity index (χ1v) is 8.62. The maximum atomic E-state index is 12.4. The van der Waals surface area contributed by atoms with Crippen LogP contribution in [-0.2, 0) is 11.4 Å². The smallest absolute Gasteiger partial charge is 0.303 e. The van der Waals surface area contributed by atoms with Crippen LogP contribution in [0.25, 0.3) is 0 Å². The van der Waals surface area contributed by atoms with E-state index in [1.54, 1.807) is 18.2 Å². The molecule has 7 nitrogen and oxygen atoms in total. The van der Waals surface area contributed by atoms with E-state index in [0.29, 0.717) is 30.0 Å². The van der Waals surface area contributed by atoms with Crippen LogP contribution in [0, 0.1) is 13.8 Å². The zero-order valence-corrected chi connectivity index (χ0v) is 15.1. The molecule has 0 saturated carbocycles. The van der Waals surface area contributed by atoms with Crippen molar-refractivity contribution in [1.29, 1.82) is 0 Å². The molecule has 1 heterocycles. The van der Waals surface area contributed by atoms with E-state index in [4.69, 9.17) is 14.4 Å². The van der Waals surface area contributed by atoms with Gasteiger partial charge in [-0.05, 0) is 38.8 Å². The van der Waals surface area contributed by atoms with Crippen molar-refractivity contribution >= 4 is 11.9 Å². The molecule has 0 bridgehead atoms. The molecule has 2 N–H and O–H groups in total. The second-order valence-corrected chi connectivity index (χ2v) is 6.05. The average Bonchev–Trinajstić information content (AvgIpc) is 2.94. The summed E-state index contributed by atoms with van der Waals surface area (Å²) in [4.78, 5) is 22.8. The predicted molar refractivity (Wildman–Crippen MR) is 95.2 cm³/mol. The Morgan fingerprint density at radius 2 is 1.96 bits per heavy atom. The standard InChI is InChI=1S/C19H24N2O5/c1-13-16(14(2)26-21-13)12-25-17-9-6-5-8-15(17)19(24)20-11-7-3-4-10-18(22)23/h5-6,8-9H,3-4,7,10-12H2,1-2H3,(H,20,24)(H,22,23). The number of para-hydroxylation sites is 1. The van der Waals surface area contributed by atoms with Crippen LogP contribution in [0.2, 0.25) is 0 Å². The highest BCUT2D eigenvalue weighted by Crippen LogP contribution is 2.21. The number of carboxylic acid groups (broad SMARTS) is 1. The number of ether oxygens (including phenoxy) is 1. The topological polar surface area (TPSA) is 102 Å². The lowest BCUT2D eigenvalue weighted by atomic mass is 10.1. The molecule has 1 aromatic heterocycles. The van der Waals surface area contributed by atoms with Crippen molar-refractivity contribution in [1.82, 2.24) is 10.5 Å². The summed E-state index contributed by atoms with van der Waals surface area (Å²) in [5.74, 6) is 0.192. The molecule has 0 atom stereocenters. The molecular weight excluding hydrogens is 336 g/mol. The first-order chi connectivity index (χ1) is 12.5. The van der Waals surface area contributed by atoms with Gasteiger partial charge in [-0.3, -0.25) is 9.59 Å². The second kappa shape index (κ2) is 9.60. The summed E-state index contributed by atoms with van der Waals surface area (Å²) in [6.45, 7) is 4.44. The fourth-order valence-electron chi connectivity index (χ4n) is 2.51. The van der Waals surface area contributed by atoms with Gasteiger partial charge in [0.25, 0.3) is 5.91 Å². The summed E-state index contributed by atoms with van der Waals surface area (Å²) in [6, 6.07) is 7.05. The molecule has 1 aromatic carbocycles. The van der Waals surface area contributed by atoms with Gasteiger partial charge in [-0.25, -0.2) is 0 Å². The largest absolute Gasteiger partial charge is 0.488 e. The Balaban J connectivity index is 1.87. The van der Waals surface area contributed by atoms with Gasteiger partial charge in [0.2, 0.25) is 0 Å². The summed E-state index contributed by atoms with van der Waals surface area (Å²) in [6.07, 6.45) is 2.27. The van der Waals surface area contributed by atoms with E-state index in [1.165, 1.54) is 0 Å². The van der Waals surface area contributed by atoms with Crippen LogP contribution in [0.15, 0.2) is 28.8 Å². The van der Waals surface area contributed by atoms with E-state index in [1.807, 2.05) is 19.9 Å². The molecule has 0 aliphatic carbocycles. The minimum absolute atomic E-state index is 0.159. The molecular formula is C19H24N2O5. The van der Waals surface area contributed by atoms with Crippen molar-refractivity contribution in [2.75, 3.05) is 6.54 Å². The molecule has 140 valence electrons. The van der Waals surface area contributed by atoms with E-state index < -0.39 is 5.97 Å². The quantitative estimate of drug-likeness (QED) is 0.631. The Morgan fingerprint density at radius 3 is 2.65 bits per heavy atom. The summed E-state index contributed by atoms with van der Waals surface area (Å²) >= 11 is 0. The molecule has 0 fully saturated rings. The Morgan fingerprint density at radius 1 is 1.19 bits per heavy atom. The number of hydrogen-bond acceptors (Lipinski definition) is 5. The summed E-state index contributed by atoms with van der Waals surface area (Å²) < 4.78 is 10.9. The van der Waals surface area contributed by atoms with E-state index in [2.05, 4.69) is 10.5 Å². The highest BCUT2D eigenvalue weighted by atomic mass is 16.5. The van der Waals surface area contributed by atoms with Gasteiger partial charge in [0, 0.05) is 13.0 Å². The van der Waals surface area contributed by atoms with Crippen LogP contribution in [0.4, 0.5) is 0 Å². The van der Waals surface area contributed by atoms with E-state index in [0.717, 1.165) is 24.1 Å². The van der Waals surface area contributed by atoms with Crippen LogP contribution in [-0.4, -0.2) is 28.7 Å². The molecule has 0 spiro atoms. The Bertz CT molecular complexity index is 735. The molecule has 2 aromatic rings. The molecule has 2 rings (SSSR count). The van der Waals surface area contributed by atoms with Gasteiger partial charge in [-0.15, -0.1) is 0 Å². The van der Waals surface area contributed by atoms with Crippen molar-refractivity contribution in [2.45, 2.75) is 46.1 Å². The zero-order chi connectivity index (χ0) is 18.9. The predicted octanol–water partition coefficient (Wildman–Crippen LogP) is 3.25. The number of aliphatic carboxylic acids is 1. The lowest BCUT2D eigenvalue weighted by Crippen LogP contribution is -2.25. The SMILES string of the molecule is Cc1noc(C)c1COc1ccccc1C(=O)NCCCCCC(=O)O. The molecule has 26 heavy (non-hydrogen) atoms. The van der Waals surface area contributed by atoms with Crippen molar-refractivity contribution in [3.8, 4) is 5.75 Å². The van der Waals surface area contributed by atoms with Crippen LogP contribution >= 0.6 is 0 Å². The lowest BCUT2D eigenvalue weighted by Gasteiger charge is -2.11. The molecule has 7 heteroatoms. The molecule has 0 saturated heterocycles. The van der Waals surface area contributed by atoms with Crippen molar-refractivity contribution in [3.63, 3.8) is 0 Å². The number of aryl methyl sites for hydroxylation is 2. The third-order valence-corrected chi connectivity index (χ3v) is 4.04. The number of carbonyl (C=O) groups is 2. The van der Waals surface area contributed by atoms with Gasteiger partial charge in [-0.1, -0.05) is 23.7 Å². The minimum atomic E-state index is -0.793. The number of unbranched alkanes of at least 4 members (excludes halogenated alkanes) is 2. The van der Waals surface area contributed by atoms with Gasteiger partial charge >= 0.3 is 5.97 Å². The Labute approximate surface area is 152 Å². The number of benzene rings is 1. The third kappa shape index (κ3) is 5.61. The number of carbonyl (C=O) groups excluding carboxylic acids is 1. The van der Waals surface area contributed by atoms with Gasteiger partial charge in [0.05, 0.1) is 16.8 Å². The van der Waals surface area contributed by atoms with Crippen molar-refractivity contribution in [3.05, 3.63) is 46.8 Å². The zero-order valence-electron chi connectivity index (χ0n) is 15.1. The Hall–Kier alpha value is -2.83. The number of carboxylic acids is 1. The van der Waals surface area contributed by atoms with E-state index in [-0.39, 0.29) is 18.9 Å². The van der Waals surface area contributed by atoms with Crippen LogP contribution in [0.1, 0.15) is 53.1 Å². The van der Waals surface area contributed by atoms with Gasteiger partial charge < -0.3 is 19.7 Å². The highest BCUT2D eigenvalue weighted by Gasteiger charge is 2.14. The second-order valence-electron chi connectivity index (χ2n) is 6.05. The molecule has 1 amide bonds. The number of nitrogens with zero attached hydrogens (tertiary/aromatic N) is 1. The van der Waals surface area contributed by atoms with Crippen LogP contribution in [0.5, 0.6) is 5.75 Å². The van der Waals surface area contributed by atoms with Crippen LogP contribution < -0.4 is 10.1 Å². The number of rotatable bonds is 10. The summed E-state index contributed by atoms with van der Waals surface area (Å²) in [5.41, 5.74) is 2.11. The maximum absolute atomic E-state index is 12.4. The highest BCUT2D eigenvalue weighted by molar-refractivity contribution is 5.96. The van der Waals surface area contributed by atoms with Crippen LogP contribution in [0.3, 0.4) is 0 Å². The van der Waals surface area contributed by atoms with E-state index in [9.17, 15) is 9.59 Å². The maximum Gasteiger partial charge on any atom is 0.303 e. The van der Waals surface area contributed by atoms with E-state index >= 15 is 0 Å². The fourth-order valence-corrected chi connectivity index (χ4v) is 2.51. The number of amides is 1. The monoisotopic (exact) mass is 360 g/mol. The molecule has 0 unspecified atom stereocenters. The number of nitrogens with one attached hydrogen (secondary N) is 1. The normalized spacial score (nSPS) is 10.5. The van der Waals surface area contributed by atoms with Crippen molar-refractivity contribution in [2.24, 2.45) is 0 Å². The van der Waals surface area contributed by atoms with Gasteiger partial charge in [-0.2, -0.15) is 0 Å². The lowest BCUT2D eigenvalue weighted by molar-refractivity contribution is -0.137. The minimum Gasteiger partial charge on any atom is -0.488 e. The van der Waals surface area contributed by atoms with Gasteiger partial charge in [0.1, 0.15) is 18.1 Å². The van der Waals surface area contributed by atoms with Crippen molar-refractivity contribution < 1.29 is 24.0 Å². The average molecular weight is 360 g/mol.